The summed E-state index contributed by atoms with van der Waals surface area (Å²) in [5.41, 5.74) is 0.970. The zero-order chi connectivity index (χ0) is 15.1. The molecule has 0 saturated heterocycles. The number of carbonyl (C=O) groups excluding carboxylic acids is 1. The number of hydrogen-bond acceptors (Lipinski definition) is 3. The molecular formula is C14H15ClN2O3. The van der Waals surface area contributed by atoms with E-state index in [1.807, 2.05) is 4.90 Å². The number of hydrogen-bond donors (Lipinski definition) is 2. The zero-order valence-corrected chi connectivity index (χ0v) is 11.6. The molecule has 0 aliphatic rings. The van der Waals surface area contributed by atoms with Crippen molar-refractivity contribution < 1.29 is 14.7 Å². The Morgan fingerprint density at radius 1 is 1.30 bits per heavy atom. The van der Waals surface area contributed by atoms with Crippen molar-refractivity contribution in [3.8, 4) is 0 Å². The molecule has 0 aliphatic carbocycles. The van der Waals surface area contributed by atoms with E-state index in [1.54, 1.807) is 24.3 Å². The van der Waals surface area contributed by atoms with Gasteiger partial charge in [-0.25, -0.2) is 4.79 Å². The number of aliphatic carboxylic acids is 1. The Morgan fingerprint density at radius 3 is 2.40 bits per heavy atom. The summed E-state index contributed by atoms with van der Waals surface area (Å²) in [6, 6.07) is 4.86. The highest BCUT2D eigenvalue weighted by atomic mass is 35.5. The van der Waals surface area contributed by atoms with Crippen LogP contribution in [-0.4, -0.2) is 30.1 Å². The predicted octanol–water partition coefficient (Wildman–Crippen LogP) is 2.54. The Bertz CT molecular complexity index is 533. The van der Waals surface area contributed by atoms with Crippen LogP contribution in [0.15, 0.2) is 43.5 Å². The van der Waals surface area contributed by atoms with E-state index in [2.05, 4.69) is 18.5 Å². The van der Waals surface area contributed by atoms with Crippen LogP contribution in [0.25, 0.3) is 0 Å². The van der Waals surface area contributed by atoms with Crippen molar-refractivity contribution >= 4 is 34.9 Å². The number of anilines is 2. The molecule has 0 unspecified atom stereocenters. The molecule has 0 aliphatic heterocycles. The van der Waals surface area contributed by atoms with E-state index in [4.69, 9.17) is 16.7 Å². The van der Waals surface area contributed by atoms with Crippen molar-refractivity contribution in [3.63, 3.8) is 0 Å². The number of nitrogens with one attached hydrogen (secondary N) is 1. The fraction of sp³-hybridized carbons (Fsp3) is 0.143. The quantitative estimate of drug-likeness (QED) is 0.625. The minimum atomic E-state index is -1.56. The van der Waals surface area contributed by atoms with Crippen molar-refractivity contribution in [3.05, 3.63) is 48.5 Å². The maximum atomic E-state index is 11.3. The maximum absolute atomic E-state index is 11.3. The van der Waals surface area contributed by atoms with E-state index in [0.717, 1.165) is 0 Å². The molecule has 1 rings (SSSR count). The predicted molar refractivity (Wildman–Crippen MR) is 80.3 cm³/mol. The van der Waals surface area contributed by atoms with Crippen LogP contribution in [0.2, 0.25) is 5.02 Å². The van der Waals surface area contributed by atoms with Gasteiger partial charge in [-0.2, -0.15) is 0 Å². The number of carboxylic acids is 1. The van der Waals surface area contributed by atoms with E-state index < -0.39 is 11.9 Å². The Morgan fingerprint density at radius 2 is 1.90 bits per heavy atom. The van der Waals surface area contributed by atoms with Crippen molar-refractivity contribution in [1.82, 2.24) is 0 Å². The molecule has 106 valence electrons. The number of halogens is 1. The standard InChI is InChI=1S/C14H15ClN2O3/c1-3-7-17(8-4-2)12-6-5-10(15)9-11(12)16-13(18)14(19)20/h3-6,9H,1-2,7-8H2,(H,16,18)(H,19,20). The van der Waals surface area contributed by atoms with Crippen molar-refractivity contribution in [1.29, 1.82) is 0 Å². The molecule has 20 heavy (non-hydrogen) atoms. The van der Waals surface area contributed by atoms with Crippen LogP contribution >= 0.6 is 11.6 Å². The molecule has 1 aromatic carbocycles. The minimum Gasteiger partial charge on any atom is -0.474 e. The molecule has 1 aromatic rings. The van der Waals surface area contributed by atoms with Gasteiger partial charge in [-0.15, -0.1) is 13.2 Å². The minimum absolute atomic E-state index is 0.327. The number of amides is 1. The topological polar surface area (TPSA) is 69.6 Å². The number of carbonyl (C=O) groups is 2. The normalized spacial score (nSPS) is 9.65. The van der Waals surface area contributed by atoms with Crippen molar-refractivity contribution in [2.24, 2.45) is 0 Å². The van der Waals surface area contributed by atoms with Crippen LogP contribution in [0.3, 0.4) is 0 Å². The van der Waals surface area contributed by atoms with Crippen LogP contribution in [0.1, 0.15) is 0 Å². The monoisotopic (exact) mass is 294 g/mol. The molecular weight excluding hydrogens is 280 g/mol. The molecule has 0 saturated carbocycles. The van der Waals surface area contributed by atoms with Gasteiger partial charge in [-0.05, 0) is 18.2 Å². The smallest absolute Gasteiger partial charge is 0.394 e. The Balaban J connectivity index is 3.16. The van der Waals surface area contributed by atoms with Crippen LogP contribution in [0.4, 0.5) is 11.4 Å². The third-order valence-electron chi connectivity index (χ3n) is 2.44. The molecule has 0 bridgehead atoms. The highest BCUT2D eigenvalue weighted by Crippen LogP contribution is 2.29. The lowest BCUT2D eigenvalue weighted by molar-refractivity contribution is -0.147. The van der Waals surface area contributed by atoms with E-state index in [-0.39, 0.29) is 0 Å². The van der Waals surface area contributed by atoms with Gasteiger partial charge < -0.3 is 15.3 Å². The largest absolute Gasteiger partial charge is 0.474 e. The first kappa shape index (κ1) is 15.8. The zero-order valence-electron chi connectivity index (χ0n) is 10.8. The second kappa shape index (κ2) is 7.35. The van der Waals surface area contributed by atoms with Gasteiger partial charge in [-0.3, -0.25) is 4.79 Å². The second-order valence-corrected chi connectivity index (χ2v) is 4.34. The summed E-state index contributed by atoms with van der Waals surface area (Å²) in [6.45, 7) is 8.36. The summed E-state index contributed by atoms with van der Waals surface area (Å²) in [7, 11) is 0. The third-order valence-corrected chi connectivity index (χ3v) is 2.68. The van der Waals surface area contributed by atoms with Crippen LogP contribution in [-0.2, 0) is 9.59 Å². The summed E-state index contributed by atoms with van der Waals surface area (Å²) >= 11 is 5.88. The highest BCUT2D eigenvalue weighted by molar-refractivity contribution is 6.37. The Labute approximate surface area is 122 Å². The molecule has 5 nitrogen and oxygen atoms in total. The van der Waals surface area contributed by atoms with E-state index in [9.17, 15) is 9.59 Å². The number of nitrogens with zero attached hydrogens (tertiary/aromatic N) is 1. The molecule has 0 spiro atoms. The van der Waals surface area contributed by atoms with Crippen LogP contribution in [0, 0.1) is 0 Å². The molecule has 1 amide bonds. The van der Waals surface area contributed by atoms with Crippen molar-refractivity contribution in [2.45, 2.75) is 0 Å². The summed E-state index contributed by atoms with van der Waals surface area (Å²) < 4.78 is 0. The van der Waals surface area contributed by atoms with Gasteiger partial charge in [-0.1, -0.05) is 23.8 Å². The lowest BCUT2D eigenvalue weighted by Crippen LogP contribution is -2.27. The summed E-state index contributed by atoms with van der Waals surface area (Å²) in [4.78, 5) is 23.8. The summed E-state index contributed by atoms with van der Waals surface area (Å²) in [6.07, 6.45) is 3.39. The molecule has 2 N–H and O–H groups in total. The molecule has 0 aromatic heterocycles. The third kappa shape index (κ3) is 4.13. The van der Waals surface area contributed by atoms with E-state index in [0.29, 0.717) is 29.5 Å². The second-order valence-electron chi connectivity index (χ2n) is 3.90. The highest BCUT2D eigenvalue weighted by Gasteiger charge is 2.16. The van der Waals surface area contributed by atoms with Crippen LogP contribution < -0.4 is 10.2 Å². The molecule has 0 heterocycles. The summed E-state index contributed by atoms with van der Waals surface area (Å²) in [5, 5.41) is 11.4. The average Bonchev–Trinajstić information content (AvgIpc) is 2.38. The van der Waals surface area contributed by atoms with Crippen molar-refractivity contribution in [2.75, 3.05) is 23.3 Å². The van der Waals surface area contributed by atoms with Gasteiger partial charge in [0.05, 0.1) is 11.4 Å². The Kier molecular flexibility index (Phi) is 5.80. The van der Waals surface area contributed by atoms with Gasteiger partial charge in [0.25, 0.3) is 0 Å². The molecule has 0 radical (unpaired) electrons. The SMILES string of the molecule is C=CCN(CC=C)c1ccc(Cl)cc1NC(=O)C(=O)O. The van der Waals surface area contributed by atoms with Gasteiger partial charge in [0.2, 0.25) is 0 Å². The first-order chi connectivity index (χ1) is 9.49. The lowest BCUT2D eigenvalue weighted by atomic mass is 10.2. The van der Waals surface area contributed by atoms with Gasteiger partial charge >= 0.3 is 11.9 Å². The molecule has 6 heteroatoms. The van der Waals surface area contributed by atoms with Crippen LogP contribution in [0.5, 0.6) is 0 Å². The van der Waals surface area contributed by atoms with Gasteiger partial charge in [0.15, 0.2) is 0 Å². The van der Waals surface area contributed by atoms with Gasteiger partial charge in [0.1, 0.15) is 0 Å². The first-order valence-electron chi connectivity index (χ1n) is 5.80. The number of carboxylic acid groups (broad SMARTS) is 1. The van der Waals surface area contributed by atoms with E-state index >= 15 is 0 Å². The molecule has 0 atom stereocenters. The lowest BCUT2D eigenvalue weighted by Gasteiger charge is -2.24. The maximum Gasteiger partial charge on any atom is 0.394 e. The first-order valence-corrected chi connectivity index (χ1v) is 6.18. The number of benzene rings is 1. The fourth-order valence-corrected chi connectivity index (χ4v) is 1.81. The summed E-state index contributed by atoms with van der Waals surface area (Å²) in [5.74, 6) is -2.68. The fourth-order valence-electron chi connectivity index (χ4n) is 1.64. The van der Waals surface area contributed by atoms with E-state index in [1.165, 1.54) is 6.07 Å². The molecule has 0 fully saturated rings. The average molecular weight is 295 g/mol. The van der Waals surface area contributed by atoms with Gasteiger partial charge in [0, 0.05) is 18.1 Å². The number of rotatable bonds is 6. The Hall–Kier alpha value is -2.27.